The summed E-state index contributed by atoms with van der Waals surface area (Å²) in [5, 5.41) is 3.03. The molecule has 0 aromatic heterocycles. The molecule has 2 aromatic carbocycles. The van der Waals surface area contributed by atoms with Gasteiger partial charge in [0.2, 0.25) is 0 Å². The maximum atomic E-state index is 12.3. The van der Waals surface area contributed by atoms with E-state index in [0.29, 0.717) is 11.6 Å². The Hall–Kier alpha value is -2.42. The van der Waals surface area contributed by atoms with E-state index < -0.39 is 0 Å². The van der Waals surface area contributed by atoms with E-state index in [2.05, 4.69) is 5.32 Å². The lowest BCUT2D eigenvalue weighted by Gasteiger charge is -2.10. The number of ketones is 1. The Morgan fingerprint density at radius 1 is 0.917 bits per heavy atom. The van der Waals surface area contributed by atoms with Crippen molar-refractivity contribution in [1.29, 1.82) is 0 Å². The van der Waals surface area contributed by atoms with Gasteiger partial charge in [0, 0.05) is 23.1 Å². The van der Waals surface area contributed by atoms with Crippen LogP contribution in [0.3, 0.4) is 0 Å². The first-order valence-corrected chi connectivity index (χ1v) is 8.68. The van der Waals surface area contributed by atoms with E-state index >= 15 is 0 Å². The van der Waals surface area contributed by atoms with Crippen molar-refractivity contribution >= 4 is 11.7 Å². The van der Waals surface area contributed by atoms with Gasteiger partial charge in [0.25, 0.3) is 5.91 Å². The van der Waals surface area contributed by atoms with Crippen molar-refractivity contribution in [2.45, 2.75) is 38.6 Å². The predicted molar refractivity (Wildman–Crippen MR) is 94.2 cm³/mol. The molecule has 4 rings (SSSR count). The fraction of sp³-hybridized carbons (Fsp3) is 0.333. The molecule has 0 radical (unpaired) electrons. The highest BCUT2D eigenvalue weighted by Gasteiger charge is 2.30. The minimum atomic E-state index is -0.000665. The second-order valence-electron chi connectivity index (χ2n) is 6.99. The zero-order chi connectivity index (χ0) is 16.7. The molecule has 122 valence electrons. The molecule has 2 aliphatic carbocycles. The summed E-state index contributed by atoms with van der Waals surface area (Å²) in [5.74, 6) is 0.502. The number of amides is 1. The molecule has 0 unspecified atom stereocenters. The molecule has 3 heteroatoms. The Morgan fingerprint density at radius 3 is 2.21 bits per heavy atom. The van der Waals surface area contributed by atoms with Gasteiger partial charge >= 0.3 is 0 Å². The second kappa shape index (κ2) is 5.90. The molecule has 2 saturated carbocycles. The smallest absolute Gasteiger partial charge is 0.251 e. The third-order valence-electron chi connectivity index (χ3n) is 4.84. The van der Waals surface area contributed by atoms with Gasteiger partial charge < -0.3 is 5.32 Å². The summed E-state index contributed by atoms with van der Waals surface area (Å²) in [4.78, 5) is 24.4. The molecule has 24 heavy (non-hydrogen) atoms. The number of nitrogens with one attached hydrogen (secondary N) is 1. The van der Waals surface area contributed by atoms with Crippen LogP contribution in [0.4, 0.5) is 0 Å². The van der Waals surface area contributed by atoms with Crippen molar-refractivity contribution in [2.75, 3.05) is 0 Å². The number of hydrogen-bond donors (Lipinski definition) is 1. The zero-order valence-corrected chi connectivity index (χ0v) is 13.8. The van der Waals surface area contributed by atoms with Gasteiger partial charge in [-0.25, -0.2) is 0 Å². The first-order chi connectivity index (χ1) is 11.6. The van der Waals surface area contributed by atoms with E-state index in [1.807, 2.05) is 49.4 Å². The third-order valence-corrected chi connectivity index (χ3v) is 4.84. The Morgan fingerprint density at radius 2 is 1.58 bits per heavy atom. The Bertz CT molecular complexity index is 799. The first-order valence-electron chi connectivity index (χ1n) is 8.68. The molecular weight excluding hydrogens is 298 g/mol. The van der Waals surface area contributed by atoms with Gasteiger partial charge in [0.05, 0.1) is 0 Å². The lowest BCUT2D eigenvalue weighted by atomic mass is 9.96. The van der Waals surface area contributed by atoms with Crippen molar-refractivity contribution in [3.63, 3.8) is 0 Å². The van der Waals surface area contributed by atoms with Crippen LogP contribution in [0, 0.1) is 12.8 Å². The van der Waals surface area contributed by atoms with Crippen molar-refractivity contribution < 1.29 is 9.59 Å². The van der Waals surface area contributed by atoms with Crippen LogP contribution >= 0.6 is 0 Å². The molecule has 0 saturated heterocycles. The van der Waals surface area contributed by atoms with Crippen LogP contribution in [0.15, 0.2) is 42.5 Å². The standard InChI is InChI=1S/C21H21NO2/c1-13-2-3-17(21(24)22-18-10-11-18)12-19(13)14-4-6-15(7-5-14)20(23)16-8-9-16/h2-7,12,16,18H,8-11H2,1H3,(H,22,24). The second-order valence-corrected chi connectivity index (χ2v) is 6.99. The summed E-state index contributed by atoms with van der Waals surface area (Å²) in [7, 11) is 0. The molecular formula is C21H21NO2. The summed E-state index contributed by atoms with van der Waals surface area (Å²) >= 11 is 0. The number of hydrogen-bond acceptors (Lipinski definition) is 2. The maximum absolute atomic E-state index is 12.3. The topological polar surface area (TPSA) is 46.2 Å². The van der Waals surface area contributed by atoms with Crippen LogP contribution in [-0.2, 0) is 0 Å². The fourth-order valence-electron chi connectivity index (χ4n) is 2.97. The van der Waals surface area contributed by atoms with Gasteiger partial charge in [-0.05, 0) is 61.4 Å². The molecule has 0 spiro atoms. The van der Waals surface area contributed by atoms with Crippen LogP contribution in [0.25, 0.3) is 11.1 Å². The molecule has 2 aromatic rings. The quantitative estimate of drug-likeness (QED) is 0.842. The number of benzene rings is 2. The number of aryl methyl sites for hydroxylation is 1. The molecule has 2 fully saturated rings. The van der Waals surface area contributed by atoms with E-state index in [9.17, 15) is 9.59 Å². The lowest BCUT2D eigenvalue weighted by molar-refractivity contribution is 0.0948. The molecule has 1 N–H and O–H groups in total. The molecule has 2 aliphatic rings. The number of carbonyl (C=O) groups is 2. The Labute approximate surface area is 142 Å². The van der Waals surface area contributed by atoms with Gasteiger partial charge in [-0.1, -0.05) is 30.3 Å². The number of rotatable bonds is 5. The highest BCUT2D eigenvalue weighted by atomic mass is 16.1. The van der Waals surface area contributed by atoms with Gasteiger partial charge in [0.15, 0.2) is 5.78 Å². The molecule has 0 atom stereocenters. The zero-order valence-electron chi connectivity index (χ0n) is 13.8. The largest absolute Gasteiger partial charge is 0.349 e. The molecule has 0 bridgehead atoms. The van der Waals surface area contributed by atoms with Crippen LogP contribution < -0.4 is 5.32 Å². The van der Waals surface area contributed by atoms with Gasteiger partial charge in [0.1, 0.15) is 0 Å². The third kappa shape index (κ3) is 3.12. The van der Waals surface area contributed by atoms with E-state index in [4.69, 9.17) is 0 Å². The van der Waals surface area contributed by atoms with Crippen molar-refractivity contribution in [3.8, 4) is 11.1 Å². The van der Waals surface area contributed by atoms with Crippen LogP contribution in [0.2, 0.25) is 0 Å². The Kier molecular flexibility index (Phi) is 3.72. The average molecular weight is 319 g/mol. The molecule has 1 amide bonds. The molecule has 3 nitrogen and oxygen atoms in total. The van der Waals surface area contributed by atoms with Crippen molar-refractivity contribution in [1.82, 2.24) is 5.32 Å². The van der Waals surface area contributed by atoms with Gasteiger partial charge in [-0.3, -0.25) is 9.59 Å². The monoisotopic (exact) mass is 319 g/mol. The van der Waals surface area contributed by atoms with Crippen LogP contribution in [0.5, 0.6) is 0 Å². The van der Waals surface area contributed by atoms with E-state index in [-0.39, 0.29) is 17.6 Å². The SMILES string of the molecule is Cc1ccc(C(=O)NC2CC2)cc1-c1ccc(C(=O)C2CC2)cc1. The van der Waals surface area contributed by atoms with Crippen molar-refractivity contribution in [3.05, 3.63) is 59.2 Å². The van der Waals surface area contributed by atoms with Crippen molar-refractivity contribution in [2.24, 2.45) is 5.92 Å². The average Bonchev–Trinajstić information content (AvgIpc) is 3.48. The minimum absolute atomic E-state index is 0.000665. The highest BCUT2D eigenvalue weighted by Crippen LogP contribution is 2.33. The fourth-order valence-corrected chi connectivity index (χ4v) is 2.97. The Balaban J connectivity index is 1.60. The van der Waals surface area contributed by atoms with Gasteiger partial charge in [-0.15, -0.1) is 0 Å². The number of Topliss-reactive ketones (excluding diaryl/α,β-unsaturated/α-hetero) is 1. The van der Waals surface area contributed by atoms with E-state index in [1.165, 1.54) is 0 Å². The highest BCUT2D eigenvalue weighted by molar-refractivity contribution is 6.00. The lowest BCUT2D eigenvalue weighted by Crippen LogP contribution is -2.25. The van der Waals surface area contributed by atoms with Crippen LogP contribution in [-0.4, -0.2) is 17.7 Å². The minimum Gasteiger partial charge on any atom is -0.349 e. The predicted octanol–water partition coefficient (Wildman–Crippen LogP) is 4.15. The molecule has 0 aliphatic heterocycles. The maximum Gasteiger partial charge on any atom is 0.251 e. The first kappa shape index (κ1) is 15.1. The van der Waals surface area contributed by atoms with E-state index in [1.54, 1.807) is 0 Å². The van der Waals surface area contributed by atoms with Crippen LogP contribution in [0.1, 0.15) is 52.0 Å². The summed E-state index contributed by atoms with van der Waals surface area (Å²) < 4.78 is 0. The summed E-state index contributed by atoms with van der Waals surface area (Å²) in [6.45, 7) is 2.04. The summed E-state index contributed by atoms with van der Waals surface area (Å²) in [6.07, 6.45) is 4.22. The molecule has 0 heterocycles. The van der Waals surface area contributed by atoms with Gasteiger partial charge in [-0.2, -0.15) is 0 Å². The summed E-state index contributed by atoms with van der Waals surface area (Å²) in [5.41, 5.74) is 4.70. The number of carbonyl (C=O) groups excluding carboxylic acids is 2. The normalized spacial score (nSPS) is 16.7. The summed E-state index contributed by atoms with van der Waals surface area (Å²) in [6, 6.07) is 14.0. The van der Waals surface area contributed by atoms with E-state index in [0.717, 1.165) is 47.9 Å².